The van der Waals surface area contributed by atoms with Crippen molar-refractivity contribution in [3.63, 3.8) is 0 Å². The van der Waals surface area contributed by atoms with Gasteiger partial charge in [-0.1, -0.05) is 5.16 Å². The average Bonchev–Trinajstić information content (AvgIpc) is 2.73. The first-order chi connectivity index (χ1) is 8.60. The van der Waals surface area contributed by atoms with Gasteiger partial charge in [0.1, 0.15) is 5.69 Å². The van der Waals surface area contributed by atoms with Crippen molar-refractivity contribution in [2.45, 2.75) is 17.2 Å². The van der Waals surface area contributed by atoms with Crippen molar-refractivity contribution in [3.05, 3.63) is 17.5 Å². The molecule has 10 heteroatoms. The minimum absolute atomic E-state index is 0.0709. The molecule has 0 unspecified atom stereocenters. The molecule has 2 aromatic rings. The monoisotopic (exact) mass is 266 g/mol. The van der Waals surface area contributed by atoms with Gasteiger partial charge in [-0.15, -0.1) is 5.10 Å². The van der Waals surface area contributed by atoms with Crippen molar-refractivity contribution in [1.82, 2.24) is 30.2 Å². The van der Waals surface area contributed by atoms with Crippen molar-refractivity contribution in [1.29, 1.82) is 0 Å². The molecule has 3 N–H and O–H groups in total. The van der Waals surface area contributed by atoms with E-state index in [1.807, 2.05) is 0 Å². The number of amidine groups is 1. The number of tetrazole rings is 1. The number of aryl methyl sites for hydroxylation is 2. The van der Waals surface area contributed by atoms with Crippen molar-refractivity contribution in [3.8, 4) is 0 Å². The molecule has 0 amide bonds. The highest BCUT2D eigenvalue weighted by Crippen LogP contribution is 2.21. The summed E-state index contributed by atoms with van der Waals surface area (Å²) >= 11 is 1.19. The normalized spacial score (nSPS) is 11.8. The Morgan fingerprint density at radius 2 is 2.28 bits per heavy atom. The van der Waals surface area contributed by atoms with Crippen LogP contribution in [-0.2, 0) is 7.05 Å². The molecule has 0 saturated heterocycles. The summed E-state index contributed by atoms with van der Waals surface area (Å²) in [7, 11) is 1.71. The van der Waals surface area contributed by atoms with Crippen LogP contribution in [0.5, 0.6) is 0 Å². The Bertz CT molecular complexity index is 595. The first-order valence-corrected chi connectivity index (χ1v) is 5.65. The summed E-state index contributed by atoms with van der Waals surface area (Å²) in [6, 6.07) is 1.62. The summed E-state index contributed by atoms with van der Waals surface area (Å²) in [4.78, 5) is 8.36. The van der Waals surface area contributed by atoms with E-state index in [9.17, 15) is 0 Å². The number of rotatable bonds is 3. The molecule has 2 aromatic heterocycles. The zero-order valence-corrected chi connectivity index (χ0v) is 10.5. The quantitative estimate of drug-likeness (QED) is 0.251. The highest BCUT2D eigenvalue weighted by molar-refractivity contribution is 7.99. The van der Waals surface area contributed by atoms with Crippen LogP contribution in [0.1, 0.15) is 11.4 Å². The maximum atomic E-state index is 8.63. The third kappa shape index (κ3) is 2.53. The van der Waals surface area contributed by atoms with Gasteiger partial charge >= 0.3 is 0 Å². The smallest absolute Gasteiger partial charge is 0.216 e. The predicted octanol–water partition coefficient (Wildman–Crippen LogP) is -0.446. The fourth-order valence-electron chi connectivity index (χ4n) is 1.16. The molecule has 0 radical (unpaired) electrons. The lowest BCUT2D eigenvalue weighted by Crippen LogP contribution is -2.16. The summed E-state index contributed by atoms with van der Waals surface area (Å²) in [6.45, 7) is 1.79. The first kappa shape index (κ1) is 12.2. The predicted molar refractivity (Wildman–Crippen MR) is 62.2 cm³/mol. The van der Waals surface area contributed by atoms with Gasteiger partial charge in [0.25, 0.3) is 0 Å². The molecule has 0 spiro atoms. The van der Waals surface area contributed by atoms with Crippen LogP contribution in [0, 0.1) is 6.92 Å². The summed E-state index contributed by atoms with van der Waals surface area (Å²) in [5.74, 6) is -0.0709. The molecule has 0 bridgehead atoms. The Morgan fingerprint density at radius 3 is 2.89 bits per heavy atom. The molecule has 0 atom stereocenters. The van der Waals surface area contributed by atoms with Gasteiger partial charge < -0.3 is 10.9 Å². The number of nitrogens with zero attached hydrogens (tertiary/aromatic N) is 7. The van der Waals surface area contributed by atoms with E-state index in [2.05, 4.69) is 30.6 Å². The van der Waals surface area contributed by atoms with E-state index < -0.39 is 0 Å². The lowest BCUT2D eigenvalue weighted by atomic mass is 10.3. The molecule has 0 saturated carbocycles. The van der Waals surface area contributed by atoms with E-state index in [1.165, 1.54) is 16.4 Å². The summed E-state index contributed by atoms with van der Waals surface area (Å²) in [6.07, 6.45) is 0. The van der Waals surface area contributed by atoms with Gasteiger partial charge in [0.05, 0.1) is 0 Å². The molecule has 0 aromatic carbocycles. The summed E-state index contributed by atoms with van der Waals surface area (Å²) in [5.41, 5.74) is 6.54. The Balaban J connectivity index is 2.34. The Morgan fingerprint density at radius 1 is 1.50 bits per heavy atom. The van der Waals surface area contributed by atoms with Gasteiger partial charge in [-0.05, 0) is 35.2 Å². The maximum absolute atomic E-state index is 8.63. The zero-order valence-electron chi connectivity index (χ0n) is 9.64. The summed E-state index contributed by atoms with van der Waals surface area (Å²) in [5, 5.41) is 23.5. The van der Waals surface area contributed by atoms with Gasteiger partial charge in [0.2, 0.25) is 5.16 Å². The highest BCUT2D eigenvalue weighted by atomic mass is 32.2. The third-order valence-corrected chi connectivity index (χ3v) is 2.86. The van der Waals surface area contributed by atoms with E-state index in [1.54, 1.807) is 20.0 Å². The molecule has 9 nitrogen and oxygen atoms in total. The number of nitrogens with two attached hydrogens (primary N) is 1. The average molecular weight is 266 g/mol. The lowest BCUT2D eigenvalue weighted by molar-refractivity contribution is 0.318. The molecule has 0 aliphatic rings. The zero-order chi connectivity index (χ0) is 13.1. The highest BCUT2D eigenvalue weighted by Gasteiger charge is 2.11. The molecular formula is C8H10N8OS. The summed E-state index contributed by atoms with van der Waals surface area (Å²) < 4.78 is 1.50. The Kier molecular flexibility index (Phi) is 3.37. The van der Waals surface area contributed by atoms with E-state index >= 15 is 0 Å². The standard InChI is InChI=1S/C8H10N8OS/c1-4-3-5(6(9)13-17)11-7(10-4)18-8-12-14-15-16(8)2/h3,17H,1-2H3,(H2,9,13). The Labute approximate surface area is 106 Å². The third-order valence-electron chi connectivity index (χ3n) is 1.97. The second kappa shape index (κ2) is 4.96. The van der Waals surface area contributed by atoms with E-state index in [4.69, 9.17) is 10.9 Å². The van der Waals surface area contributed by atoms with Crippen molar-refractivity contribution < 1.29 is 5.21 Å². The number of aromatic nitrogens is 6. The SMILES string of the molecule is Cc1cc(/C(N)=N/O)nc(Sc2nnnn2C)n1. The molecule has 94 valence electrons. The maximum Gasteiger partial charge on any atom is 0.216 e. The fourth-order valence-corrected chi connectivity index (χ4v) is 1.90. The van der Waals surface area contributed by atoms with Crippen molar-refractivity contribution in [2.75, 3.05) is 0 Å². The second-order valence-corrected chi connectivity index (χ2v) is 4.28. The van der Waals surface area contributed by atoms with Gasteiger partial charge in [0, 0.05) is 12.7 Å². The van der Waals surface area contributed by atoms with Crippen LogP contribution in [0.25, 0.3) is 0 Å². The van der Waals surface area contributed by atoms with Crippen LogP contribution in [0.2, 0.25) is 0 Å². The minimum atomic E-state index is -0.0709. The number of hydrogen-bond acceptors (Lipinski definition) is 8. The van der Waals surface area contributed by atoms with E-state index in [-0.39, 0.29) is 5.84 Å². The molecule has 2 heterocycles. The van der Waals surface area contributed by atoms with Crippen LogP contribution in [0.4, 0.5) is 0 Å². The largest absolute Gasteiger partial charge is 0.409 e. The molecule has 0 aliphatic carbocycles. The van der Waals surface area contributed by atoms with Crippen LogP contribution in [0.3, 0.4) is 0 Å². The molecule has 0 fully saturated rings. The van der Waals surface area contributed by atoms with Crippen LogP contribution < -0.4 is 5.73 Å². The van der Waals surface area contributed by atoms with Crippen molar-refractivity contribution in [2.24, 2.45) is 17.9 Å². The minimum Gasteiger partial charge on any atom is -0.409 e. The van der Waals surface area contributed by atoms with E-state index in [0.717, 1.165) is 0 Å². The molecule has 0 aliphatic heterocycles. The van der Waals surface area contributed by atoms with Gasteiger partial charge in [-0.25, -0.2) is 14.6 Å². The van der Waals surface area contributed by atoms with Crippen LogP contribution in [0.15, 0.2) is 21.5 Å². The molecular weight excluding hydrogens is 256 g/mol. The van der Waals surface area contributed by atoms with Gasteiger partial charge in [-0.3, -0.25) is 0 Å². The second-order valence-electron chi connectivity index (χ2n) is 3.35. The topological polar surface area (TPSA) is 128 Å². The van der Waals surface area contributed by atoms with Gasteiger partial charge in [-0.2, -0.15) is 0 Å². The van der Waals surface area contributed by atoms with Crippen LogP contribution >= 0.6 is 11.8 Å². The first-order valence-electron chi connectivity index (χ1n) is 4.84. The van der Waals surface area contributed by atoms with Crippen LogP contribution in [-0.4, -0.2) is 41.2 Å². The number of hydrogen-bond donors (Lipinski definition) is 2. The molecule has 18 heavy (non-hydrogen) atoms. The van der Waals surface area contributed by atoms with Crippen molar-refractivity contribution >= 4 is 17.6 Å². The Hall–Kier alpha value is -2.23. The lowest BCUT2D eigenvalue weighted by Gasteiger charge is -2.03. The molecule has 2 rings (SSSR count). The van der Waals surface area contributed by atoms with Gasteiger partial charge in [0.15, 0.2) is 11.0 Å². The van der Waals surface area contributed by atoms with E-state index in [0.29, 0.717) is 21.7 Å². The fraction of sp³-hybridized carbons (Fsp3) is 0.250. The number of oxime groups is 1.